The van der Waals surface area contributed by atoms with Crippen LogP contribution in [0.3, 0.4) is 0 Å². The number of halogens is 7. The second-order valence-corrected chi connectivity index (χ2v) is 9.55. The Kier molecular flexibility index (Phi) is 7.38. The molecule has 1 aromatic carbocycles. The van der Waals surface area contributed by atoms with Gasteiger partial charge >= 0.3 is 12.4 Å². The lowest BCUT2D eigenvalue weighted by atomic mass is 9.99. The largest absolute Gasteiger partial charge is 0.423 e. The van der Waals surface area contributed by atoms with Gasteiger partial charge in [-0.1, -0.05) is 0 Å². The Hall–Kier alpha value is -4.54. The Morgan fingerprint density at radius 2 is 1.86 bits per heavy atom. The molecule has 0 saturated carbocycles. The number of nitrogens with two attached hydrogens (primary N) is 1. The first-order chi connectivity index (χ1) is 19.7. The first-order valence-electron chi connectivity index (χ1n) is 12.3. The van der Waals surface area contributed by atoms with Crippen LogP contribution in [0.1, 0.15) is 17.5 Å². The Bertz CT molecular complexity index is 1770. The number of rotatable bonds is 6. The summed E-state index contributed by atoms with van der Waals surface area (Å²) in [6.07, 6.45) is -6.70. The molecule has 4 heterocycles. The average Bonchev–Trinajstić information content (AvgIpc) is 3.33. The number of aromatic amines is 1. The fraction of sp³-hybridized carbons (Fsp3) is 0.320. The zero-order valence-electron chi connectivity index (χ0n) is 21.2. The molecule has 4 N–H and O–H groups in total. The van der Waals surface area contributed by atoms with Crippen molar-refractivity contribution in [3.8, 4) is 11.4 Å². The number of nitrogens with one attached hydrogen (secondary N) is 2. The number of pyridine rings is 1. The van der Waals surface area contributed by atoms with E-state index in [1.807, 2.05) is 0 Å². The van der Waals surface area contributed by atoms with Crippen molar-refractivity contribution in [3.63, 3.8) is 0 Å². The number of nitrogen functional groups attached to an aromatic ring is 1. The molecule has 3 aromatic heterocycles. The lowest BCUT2D eigenvalue weighted by Gasteiger charge is -2.22. The van der Waals surface area contributed by atoms with Gasteiger partial charge in [-0.05, 0) is 30.0 Å². The summed E-state index contributed by atoms with van der Waals surface area (Å²) in [6, 6.07) is 3.01. The van der Waals surface area contributed by atoms with Crippen molar-refractivity contribution >= 4 is 22.3 Å². The van der Waals surface area contributed by atoms with E-state index < -0.39 is 63.8 Å². The van der Waals surface area contributed by atoms with Crippen molar-refractivity contribution in [3.05, 3.63) is 74.4 Å². The average molecular weight is 599 g/mol. The van der Waals surface area contributed by atoms with E-state index >= 15 is 0 Å². The van der Waals surface area contributed by atoms with Crippen LogP contribution in [0.25, 0.3) is 22.2 Å². The van der Waals surface area contributed by atoms with Gasteiger partial charge in [-0.3, -0.25) is 9.59 Å². The zero-order chi connectivity index (χ0) is 30.4. The molecule has 10 nitrogen and oxygen atoms in total. The van der Waals surface area contributed by atoms with Gasteiger partial charge in [-0.2, -0.15) is 31.4 Å². The van der Waals surface area contributed by atoms with E-state index in [0.717, 1.165) is 12.3 Å². The van der Waals surface area contributed by atoms with Gasteiger partial charge in [0.15, 0.2) is 5.82 Å². The minimum atomic E-state index is -4.92. The van der Waals surface area contributed by atoms with Gasteiger partial charge in [0.2, 0.25) is 0 Å². The highest BCUT2D eigenvalue weighted by molar-refractivity contribution is 5.86. The topological polar surface area (TPSA) is 141 Å². The number of ether oxygens (including phenoxy) is 1. The highest BCUT2D eigenvalue weighted by Gasteiger charge is 2.39. The van der Waals surface area contributed by atoms with Crippen molar-refractivity contribution in [2.75, 3.05) is 24.3 Å². The maximum atomic E-state index is 15.0. The first kappa shape index (κ1) is 29.0. The second kappa shape index (κ2) is 10.7. The monoisotopic (exact) mass is 599 g/mol. The molecule has 0 bridgehead atoms. The van der Waals surface area contributed by atoms with Gasteiger partial charge in [-0.15, -0.1) is 0 Å². The molecule has 4 aromatic rings. The number of anilines is 2. The van der Waals surface area contributed by atoms with E-state index in [1.54, 1.807) is 5.10 Å². The van der Waals surface area contributed by atoms with Crippen molar-refractivity contribution in [1.82, 2.24) is 24.7 Å². The van der Waals surface area contributed by atoms with Crippen LogP contribution < -0.4 is 22.2 Å². The van der Waals surface area contributed by atoms with Crippen LogP contribution in [-0.2, 0) is 23.6 Å². The number of hydrogen-bond donors (Lipinski definition) is 3. The van der Waals surface area contributed by atoms with Crippen LogP contribution in [0.5, 0.6) is 0 Å². The highest BCUT2D eigenvalue weighted by atomic mass is 19.4. The summed E-state index contributed by atoms with van der Waals surface area (Å²) in [6.45, 7) is 0.320. The smallest absolute Gasteiger partial charge is 0.383 e. The van der Waals surface area contributed by atoms with E-state index in [2.05, 4.69) is 20.4 Å². The number of aromatic nitrogens is 5. The maximum absolute atomic E-state index is 15.0. The SMILES string of the molecule is Nc1nc(-c2cc3ccn(CC[C@H]4COC[C@@H]4Nc4cn[nH]c(=O)c4C(F)(F)F)c(=O)c3cc2F)ncc1C(F)(F)F. The van der Waals surface area contributed by atoms with Crippen molar-refractivity contribution in [2.24, 2.45) is 5.92 Å². The number of benzene rings is 1. The molecule has 0 spiro atoms. The van der Waals surface area contributed by atoms with Crippen molar-refractivity contribution in [2.45, 2.75) is 31.4 Å². The van der Waals surface area contributed by atoms with Gasteiger partial charge in [-0.25, -0.2) is 19.5 Å². The van der Waals surface area contributed by atoms with Gasteiger partial charge < -0.3 is 20.4 Å². The number of H-pyrrole nitrogens is 1. The molecule has 0 radical (unpaired) electrons. The van der Waals surface area contributed by atoms with E-state index in [1.165, 1.54) is 22.9 Å². The molecule has 42 heavy (non-hydrogen) atoms. The Morgan fingerprint density at radius 3 is 2.55 bits per heavy atom. The molecule has 222 valence electrons. The minimum absolute atomic E-state index is 0.0274. The number of nitrogens with zero attached hydrogens (tertiary/aromatic N) is 4. The van der Waals surface area contributed by atoms with Crippen molar-refractivity contribution < 1.29 is 35.5 Å². The number of alkyl halides is 6. The Morgan fingerprint density at radius 1 is 1.10 bits per heavy atom. The molecule has 1 aliphatic heterocycles. The first-order valence-corrected chi connectivity index (χ1v) is 12.3. The third kappa shape index (κ3) is 5.63. The molecule has 0 unspecified atom stereocenters. The highest BCUT2D eigenvalue weighted by Crippen LogP contribution is 2.35. The van der Waals surface area contributed by atoms with Crippen LogP contribution in [-0.4, -0.2) is 44.0 Å². The summed E-state index contributed by atoms with van der Waals surface area (Å²) >= 11 is 0. The summed E-state index contributed by atoms with van der Waals surface area (Å²) in [5.74, 6) is -2.59. The molecule has 17 heteroatoms. The van der Waals surface area contributed by atoms with Gasteiger partial charge in [0.1, 0.15) is 22.8 Å². The summed E-state index contributed by atoms with van der Waals surface area (Å²) in [5, 5.41) is 8.12. The van der Waals surface area contributed by atoms with Gasteiger partial charge in [0, 0.05) is 24.9 Å². The zero-order valence-corrected chi connectivity index (χ0v) is 21.2. The van der Waals surface area contributed by atoms with E-state index in [9.17, 15) is 40.3 Å². The van der Waals surface area contributed by atoms with Gasteiger partial charge in [0.25, 0.3) is 11.1 Å². The minimum Gasteiger partial charge on any atom is -0.383 e. The van der Waals surface area contributed by atoms with E-state index in [0.29, 0.717) is 6.20 Å². The molecule has 1 fully saturated rings. The predicted molar refractivity (Wildman–Crippen MR) is 135 cm³/mol. The molecule has 2 atom stereocenters. The molecule has 5 rings (SSSR count). The third-order valence-electron chi connectivity index (χ3n) is 6.85. The van der Waals surface area contributed by atoms with E-state index in [4.69, 9.17) is 10.5 Å². The number of fused-ring (bicyclic) bond motifs is 1. The summed E-state index contributed by atoms with van der Waals surface area (Å²) in [7, 11) is 0. The number of aryl methyl sites for hydroxylation is 1. The summed E-state index contributed by atoms with van der Waals surface area (Å²) < 4.78 is 101. The molecule has 0 aliphatic carbocycles. The maximum Gasteiger partial charge on any atom is 0.423 e. The van der Waals surface area contributed by atoms with Gasteiger partial charge in [0.05, 0.1) is 42.1 Å². The normalized spacial score (nSPS) is 17.6. The van der Waals surface area contributed by atoms with E-state index in [-0.39, 0.29) is 48.4 Å². The molecular weight excluding hydrogens is 579 g/mol. The third-order valence-corrected chi connectivity index (χ3v) is 6.85. The fourth-order valence-corrected chi connectivity index (χ4v) is 4.73. The molecular formula is C25H20F7N7O3. The molecule has 1 saturated heterocycles. The number of hydrogen-bond acceptors (Lipinski definition) is 8. The van der Waals surface area contributed by atoms with Crippen LogP contribution in [0.15, 0.2) is 46.4 Å². The van der Waals surface area contributed by atoms with Crippen LogP contribution in [0.2, 0.25) is 0 Å². The van der Waals surface area contributed by atoms with Crippen molar-refractivity contribution in [1.29, 1.82) is 0 Å². The molecule has 0 amide bonds. The standard InChI is InChI=1S/C25H20F7N7O3/c26-16-6-13-11(5-14(16)21-34-7-15(20(33)37-21)24(27,28)29)1-3-39(23(13)41)4-2-12-9-42-10-18(12)36-17-8-35-38-22(40)19(17)25(30,31)32/h1,3,5-8,12,18H,2,4,9-10H2,(H2,33,34,37)(H2,36,38,40)/t12-,18-/m0/s1. The Balaban J connectivity index is 1.36. The molecule has 1 aliphatic rings. The van der Waals surface area contributed by atoms with Crippen LogP contribution >= 0.6 is 0 Å². The van der Waals surface area contributed by atoms with Crippen LogP contribution in [0, 0.1) is 11.7 Å². The summed E-state index contributed by atoms with van der Waals surface area (Å²) in [5.41, 5.74) is -0.0219. The quantitative estimate of drug-likeness (QED) is 0.284. The van der Waals surface area contributed by atoms with Crippen LogP contribution in [0.4, 0.5) is 42.2 Å². The fourth-order valence-electron chi connectivity index (χ4n) is 4.73. The summed E-state index contributed by atoms with van der Waals surface area (Å²) in [4.78, 5) is 32.0. The Labute approximate surface area is 230 Å². The lowest BCUT2D eigenvalue weighted by molar-refractivity contribution is -0.138. The predicted octanol–water partition coefficient (Wildman–Crippen LogP) is 3.82. The lowest BCUT2D eigenvalue weighted by Crippen LogP contribution is -2.33. The second-order valence-electron chi connectivity index (χ2n) is 9.55.